The van der Waals surface area contributed by atoms with Crippen molar-refractivity contribution in [1.29, 1.82) is 0 Å². The third kappa shape index (κ3) is 2.17. The molecule has 2 atom stereocenters. The Hall–Kier alpha value is -1.29. The largest absolute Gasteiger partial charge is 0.490 e. The van der Waals surface area contributed by atoms with E-state index in [4.69, 9.17) is 16.3 Å². The molecular weight excluding hydrogens is 254 g/mol. The Kier molecular flexibility index (Phi) is 3.23. The molecule has 0 radical (unpaired) electrons. The molecule has 0 heterocycles. The van der Waals surface area contributed by atoms with Gasteiger partial charge in [-0.15, -0.1) is 11.6 Å². The number of halogens is 1. The molecule has 1 fully saturated rings. The third-order valence-corrected chi connectivity index (χ3v) is 4.44. The number of benzene rings is 1. The molecular formula is C13H16ClNO3. The molecule has 5 heteroatoms. The van der Waals surface area contributed by atoms with Gasteiger partial charge < -0.3 is 4.74 Å². The molecule has 0 N–H and O–H groups in total. The molecule has 2 rings (SSSR count). The summed E-state index contributed by atoms with van der Waals surface area (Å²) in [6.07, 6.45) is 0.880. The first-order valence-electron chi connectivity index (χ1n) is 5.88. The van der Waals surface area contributed by atoms with Crippen molar-refractivity contribution in [2.24, 2.45) is 5.41 Å². The van der Waals surface area contributed by atoms with Crippen molar-refractivity contribution in [2.75, 3.05) is 0 Å². The van der Waals surface area contributed by atoms with E-state index < -0.39 is 0 Å². The number of nitro benzene ring substituents is 1. The van der Waals surface area contributed by atoms with E-state index in [-0.39, 0.29) is 27.5 Å². The van der Waals surface area contributed by atoms with Crippen molar-refractivity contribution in [3.63, 3.8) is 0 Å². The monoisotopic (exact) mass is 269 g/mol. The molecule has 1 aliphatic rings. The van der Waals surface area contributed by atoms with Gasteiger partial charge in [0.05, 0.1) is 4.92 Å². The second kappa shape index (κ2) is 4.43. The highest BCUT2D eigenvalue weighted by Gasteiger charge is 2.49. The number of nitrogens with zero attached hydrogens (tertiary/aromatic N) is 1. The topological polar surface area (TPSA) is 52.4 Å². The van der Waals surface area contributed by atoms with Crippen LogP contribution in [0, 0.1) is 22.5 Å². The summed E-state index contributed by atoms with van der Waals surface area (Å²) in [7, 11) is 0. The van der Waals surface area contributed by atoms with E-state index in [1.807, 2.05) is 0 Å². The Morgan fingerprint density at radius 1 is 1.50 bits per heavy atom. The number of hydrogen-bond acceptors (Lipinski definition) is 3. The summed E-state index contributed by atoms with van der Waals surface area (Å²) in [4.78, 5) is 10.3. The zero-order valence-corrected chi connectivity index (χ0v) is 11.4. The zero-order valence-electron chi connectivity index (χ0n) is 10.6. The molecule has 18 heavy (non-hydrogen) atoms. The minimum atomic E-state index is -0.388. The molecule has 1 aliphatic carbocycles. The smallest absolute Gasteiger partial charge is 0.272 e. The van der Waals surface area contributed by atoms with Crippen molar-refractivity contribution >= 4 is 17.3 Å². The average Bonchev–Trinajstić information content (AvgIpc) is 2.28. The van der Waals surface area contributed by atoms with E-state index in [9.17, 15) is 10.1 Å². The van der Waals surface area contributed by atoms with Crippen LogP contribution < -0.4 is 4.74 Å². The van der Waals surface area contributed by atoms with Crippen LogP contribution in [-0.4, -0.2) is 16.4 Å². The van der Waals surface area contributed by atoms with Crippen molar-refractivity contribution in [1.82, 2.24) is 0 Å². The Morgan fingerprint density at radius 2 is 2.17 bits per heavy atom. The van der Waals surface area contributed by atoms with E-state index in [1.165, 1.54) is 6.07 Å². The summed E-state index contributed by atoms with van der Waals surface area (Å²) in [5.74, 6) is 0.666. The molecule has 1 aromatic rings. The number of ether oxygens (including phenoxy) is 1. The van der Waals surface area contributed by atoms with E-state index in [0.717, 1.165) is 6.42 Å². The maximum Gasteiger partial charge on any atom is 0.272 e. The standard InChI is InChI=1S/C13H16ClNO3/c1-8-6-9(4-5-10(8)15(16)17)18-12-7-11(14)13(12,2)3/h4-6,11-12H,7H2,1-3H3. The summed E-state index contributed by atoms with van der Waals surface area (Å²) in [5, 5.41) is 10.8. The Balaban J connectivity index is 2.12. The minimum Gasteiger partial charge on any atom is -0.490 e. The van der Waals surface area contributed by atoms with Gasteiger partial charge in [-0.05, 0) is 19.1 Å². The van der Waals surface area contributed by atoms with Gasteiger partial charge in [-0.1, -0.05) is 13.8 Å². The van der Waals surface area contributed by atoms with Gasteiger partial charge in [0.25, 0.3) is 5.69 Å². The van der Waals surface area contributed by atoms with Crippen LogP contribution in [0.5, 0.6) is 5.75 Å². The van der Waals surface area contributed by atoms with Gasteiger partial charge in [-0.25, -0.2) is 0 Å². The quantitative estimate of drug-likeness (QED) is 0.478. The number of nitro groups is 1. The van der Waals surface area contributed by atoms with Crippen molar-refractivity contribution in [3.8, 4) is 5.75 Å². The van der Waals surface area contributed by atoms with E-state index in [0.29, 0.717) is 11.3 Å². The number of hydrogen-bond donors (Lipinski definition) is 0. The highest BCUT2D eigenvalue weighted by atomic mass is 35.5. The second-order valence-corrected chi connectivity index (χ2v) is 5.86. The van der Waals surface area contributed by atoms with Crippen LogP contribution in [0.3, 0.4) is 0 Å². The van der Waals surface area contributed by atoms with E-state index >= 15 is 0 Å². The molecule has 0 amide bonds. The number of rotatable bonds is 3. The van der Waals surface area contributed by atoms with Crippen LogP contribution in [0.4, 0.5) is 5.69 Å². The maximum absolute atomic E-state index is 10.7. The lowest BCUT2D eigenvalue weighted by Crippen LogP contribution is -2.53. The van der Waals surface area contributed by atoms with Crippen LogP contribution in [0.25, 0.3) is 0 Å². The molecule has 0 aliphatic heterocycles. The Morgan fingerprint density at radius 3 is 2.61 bits per heavy atom. The minimum absolute atomic E-state index is 0.0583. The van der Waals surface area contributed by atoms with Crippen LogP contribution in [0.15, 0.2) is 18.2 Å². The van der Waals surface area contributed by atoms with Gasteiger partial charge in [0.1, 0.15) is 11.9 Å². The molecule has 2 unspecified atom stereocenters. The summed E-state index contributed by atoms with van der Waals surface area (Å²) in [5.41, 5.74) is 0.666. The zero-order chi connectivity index (χ0) is 13.5. The predicted molar refractivity (Wildman–Crippen MR) is 70.3 cm³/mol. The van der Waals surface area contributed by atoms with Gasteiger partial charge in [0.2, 0.25) is 0 Å². The van der Waals surface area contributed by atoms with Gasteiger partial charge in [0, 0.05) is 28.8 Å². The molecule has 1 aromatic carbocycles. The summed E-state index contributed by atoms with van der Waals surface area (Å²) in [6, 6.07) is 4.83. The van der Waals surface area contributed by atoms with Crippen molar-refractivity contribution in [3.05, 3.63) is 33.9 Å². The van der Waals surface area contributed by atoms with Gasteiger partial charge in [-0.2, -0.15) is 0 Å². The fraction of sp³-hybridized carbons (Fsp3) is 0.538. The van der Waals surface area contributed by atoms with Gasteiger partial charge in [0.15, 0.2) is 0 Å². The van der Waals surface area contributed by atoms with Gasteiger partial charge >= 0.3 is 0 Å². The van der Waals surface area contributed by atoms with Crippen molar-refractivity contribution in [2.45, 2.75) is 38.7 Å². The molecule has 1 saturated carbocycles. The van der Waals surface area contributed by atoms with Gasteiger partial charge in [-0.3, -0.25) is 10.1 Å². The summed E-state index contributed by atoms with van der Waals surface area (Å²) in [6.45, 7) is 5.84. The first kappa shape index (κ1) is 13.1. The molecule has 0 saturated heterocycles. The normalized spacial score (nSPS) is 25.3. The lowest BCUT2D eigenvalue weighted by atomic mass is 9.68. The number of alkyl halides is 1. The second-order valence-electron chi connectivity index (χ2n) is 5.34. The number of aryl methyl sites for hydroxylation is 1. The SMILES string of the molecule is Cc1cc(OC2CC(Cl)C2(C)C)ccc1[N+](=O)[O-]. The molecule has 0 spiro atoms. The van der Waals surface area contributed by atoms with Crippen molar-refractivity contribution < 1.29 is 9.66 Å². The fourth-order valence-corrected chi connectivity index (χ4v) is 2.41. The Labute approximate surface area is 111 Å². The van der Waals surface area contributed by atoms with E-state index in [1.54, 1.807) is 19.1 Å². The van der Waals surface area contributed by atoms with Crippen LogP contribution in [0.2, 0.25) is 0 Å². The molecule has 4 nitrogen and oxygen atoms in total. The fourth-order valence-electron chi connectivity index (χ4n) is 2.11. The first-order valence-corrected chi connectivity index (χ1v) is 6.32. The average molecular weight is 270 g/mol. The highest BCUT2D eigenvalue weighted by Crippen LogP contribution is 2.46. The van der Waals surface area contributed by atoms with Crippen LogP contribution in [-0.2, 0) is 0 Å². The predicted octanol–water partition coefficient (Wildman–Crippen LogP) is 3.69. The van der Waals surface area contributed by atoms with Crippen LogP contribution in [0.1, 0.15) is 25.8 Å². The maximum atomic E-state index is 10.7. The molecule has 98 valence electrons. The van der Waals surface area contributed by atoms with E-state index in [2.05, 4.69) is 13.8 Å². The summed E-state index contributed by atoms with van der Waals surface area (Å²) >= 11 is 6.13. The lowest BCUT2D eigenvalue weighted by molar-refractivity contribution is -0.385. The first-order chi connectivity index (χ1) is 8.32. The van der Waals surface area contributed by atoms with Crippen LogP contribution >= 0.6 is 11.6 Å². The lowest BCUT2D eigenvalue weighted by Gasteiger charge is -2.48. The highest BCUT2D eigenvalue weighted by molar-refractivity contribution is 6.21. The third-order valence-electron chi connectivity index (χ3n) is 3.70. The summed E-state index contributed by atoms with van der Waals surface area (Å²) < 4.78 is 5.84. The Bertz CT molecular complexity index is 487. The molecule has 0 aromatic heterocycles. The molecule has 0 bridgehead atoms.